The first kappa shape index (κ1) is 12.0. The fourth-order valence-electron chi connectivity index (χ4n) is 2.94. The molecule has 0 amide bonds. The van der Waals surface area contributed by atoms with Gasteiger partial charge in [0.1, 0.15) is 5.75 Å². The third-order valence-electron chi connectivity index (χ3n) is 4.02. The molecule has 4 heteroatoms. The zero-order valence-electron chi connectivity index (χ0n) is 11.8. The van der Waals surface area contributed by atoms with Crippen LogP contribution in [0.4, 0.5) is 0 Å². The minimum absolute atomic E-state index is 0.819. The number of aromatic nitrogens is 2. The Labute approximate surface area is 121 Å². The molecule has 0 radical (unpaired) electrons. The van der Waals surface area contributed by atoms with Gasteiger partial charge in [-0.05, 0) is 48.2 Å². The highest BCUT2D eigenvalue weighted by Crippen LogP contribution is 2.34. The monoisotopic (exact) mass is 278 g/mol. The van der Waals surface area contributed by atoms with Crippen LogP contribution in [0.2, 0.25) is 0 Å². The number of fused-ring (bicyclic) bond motifs is 4. The molecule has 2 aromatic carbocycles. The predicted octanol–water partition coefficient (Wildman–Crippen LogP) is 3.90. The smallest absolute Gasteiger partial charge is 0.119 e. The second-order valence-electron chi connectivity index (χ2n) is 5.22. The molecule has 2 aromatic heterocycles. The molecule has 0 fully saturated rings. The van der Waals surface area contributed by atoms with Crippen LogP contribution in [0.1, 0.15) is 5.56 Å². The molecule has 0 aliphatic carbocycles. The first-order valence-corrected chi connectivity index (χ1v) is 6.75. The van der Waals surface area contributed by atoms with Crippen molar-refractivity contribution >= 4 is 32.6 Å². The van der Waals surface area contributed by atoms with Crippen LogP contribution in [-0.4, -0.2) is 22.0 Å². The Morgan fingerprint density at radius 3 is 2.76 bits per heavy atom. The highest BCUT2D eigenvalue weighted by Gasteiger charge is 2.12. The third kappa shape index (κ3) is 1.65. The molecule has 4 rings (SSSR count). The van der Waals surface area contributed by atoms with Crippen LogP contribution in [0.3, 0.4) is 0 Å². The highest BCUT2D eigenvalue weighted by atomic mass is 16.5. The van der Waals surface area contributed by atoms with Gasteiger partial charge in [-0.2, -0.15) is 0 Å². The molecule has 0 bridgehead atoms. The molecule has 1 N–H and O–H groups in total. The Hall–Kier alpha value is -2.75. The van der Waals surface area contributed by atoms with Crippen molar-refractivity contribution in [1.82, 2.24) is 9.71 Å². The van der Waals surface area contributed by atoms with E-state index in [0.29, 0.717) is 0 Å². The van der Waals surface area contributed by atoms with Crippen molar-refractivity contribution in [3.8, 4) is 5.75 Å². The van der Waals surface area contributed by atoms with E-state index in [9.17, 15) is 5.21 Å². The molecule has 2 heterocycles. The van der Waals surface area contributed by atoms with Crippen molar-refractivity contribution in [3.63, 3.8) is 0 Å². The molecule has 0 aliphatic rings. The number of pyridine rings is 1. The van der Waals surface area contributed by atoms with E-state index in [1.165, 1.54) is 0 Å². The number of aryl methyl sites for hydroxylation is 1. The molecule has 21 heavy (non-hydrogen) atoms. The topological polar surface area (TPSA) is 47.3 Å². The van der Waals surface area contributed by atoms with E-state index in [-0.39, 0.29) is 0 Å². The van der Waals surface area contributed by atoms with E-state index in [2.05, 4.69) is 13.0 Å². The van der Waals surface area contributed by atoms with E-state index in [1.54, 1.807) is 19.5 Å². The normalized spacial score (nSPS) is 11.5. The molecule has 0 saturated carbocycles. The number of nitrogens with zero attached hydrogens (tertiary/aromatic N) is 2. The van der Waals surface area contributed by atoms with Gasteiger partial charge in [0.25, 0.3) is 0 Å². The highest BCUT2D eigenvalue weighted by molar-refractivity contribution is 6.14. The molecular formula is C17H14N2O2. The summed E-state index contributed by atoms with van der Waals surface area (Å²) in [5.41, 5.74) is 3.08. The number of rotatable bonds is 1. The number of hydrogen-bond donors (Lipinski definition) is 1. The van der Waals surface area contributed by atoms with Crippen molar-refractivity contribution in [3.05, 3.63) is 48.3 Å². The van der Waals surface area contributed by atoms with Crippen LogP contribution in [0.15, 0.2) is 42.7 Å². The molecule has 0 aliphatic heterocycles. The van der Waals surface area contributed by atoms with Gasteiger partial charge in [0.2, 0.25) is 0 Å². The maximum absolute atomic E-state index is 9.62. The summed E-state index contributed by atoms with van der Waals surface area (Å²) in [6, 6.07) is 9.88. The fourth-order valence-corrected chi connectivity index (χ4v) is 2.94. The van der Waals surface area contributed by atoms with Gasteiger partial charge in [0.15, 0.2) is 0 Å². The standard InChI is InChI=1S/C17H14N2O2/c1-10-13-5-6-19(20)9-11(13)7-15-14-8-12(21-2)3-4-16(14)18-17(10)15/h3-9,20H,1-2H3. The first-order valence-electron chi connectivity index (χ1n) is 6.75. The molecule has 104 valence electrons. The number of benzene rings is 2. The summed E-state index contributed by atoms with van der Waals surface area (Å²) < 4.78 is 6.38. The van der Waals surface area contributed by atoms with Crippen LogP contribution in [-0.2, 0) is 0 Å². The lowest BCUT2D eigenvalue weighted by atomic mass is 10.0. The van der Waals surface area contributed by atoms with Gasteiger partial charge in [0, 0.05) is 22.4 Å². The summed E-state index contributed by atoms with van der Waals surface area (Å²) in [6.07, 6.45) is 3.34. The Kier molecular flexibility index (Phi) is 2.36. The summed E-state index contributed by atoms with van der Waals surface area (Å²) in [6.45, 7) is 2.06. The lowest BCUT2D eigenvalue weighted by Gasteiger charge is -2.05. The summed E-state index contributed by atoms with van der Waals surface area (Å²) in [5.74, 6) is 0.819. The summed E-state index contributed by atoms with van der Waals surface area (Å²) in [4.78, 5) is 4.74. The van der Waals surface area contributed by atoms with Gasteiger partial charge in [-0.1, -0.05) is 0 Å². The van der Waals surface area contributed by atoms with Gasteiger partial charge in [-0.3, -0.25) is 0 Å². The number of methoxy groups -OCH3 is 1. The van der Waals surface area contributed by atoms with Crippen LogP contribution in [0.5, 0.6) is 5.75 Å². The average Bonchev–Trinajstić information content (AvgIpc) is 2.85. The second kappa shape index (κ2) is 4.12. The van der Waals surface area contributed by atoms with Crippen LogP contribution < -0.4 is 4.74 Å². The van der Waals surface area contributed by atoms with Crippen LogP contribution in [0, 0.1) is 6.92 Å². The third-order valence-corrected chi connectivity index (χ3v) is 4.02. The molecule has 0 saturated heterocycles. The zero-order valence-corrected chi connectivity index (χ0v) is 11.8. The van der Waals surface area contributed by atoms with Crippen molar-refractivity contribution in [1.29, 1.82) is 0 Å². The van der Waals surface area contributed by atoms with E-state index in [0.717, 1.165) is 48.6 Å². The Balaban J connectivity index is 2.21. The molecule has 4 aromatic rings. The molecule has 4 nitrogen and oxygen atoms in total. The van der Waals surface area contributed by atoms with Crippen molar-refractivity contribution < 1.29 is 9.94 Å². The molecule has 0 spiro atoms. The first-order chi connectivity index (χ1) is 10.2. The largest absolute Gasteiger partial charge is 0.497 e. The van der Waals surface area contributed by atoms with E-state index in [4.69, 9.17) is 9.72 Å². The Morgan fingerprint density at radius 1 is 1.10 bits per heavy atom. The Morgan fingerprint density at radius 2 is 1.95 bits per heavy atom. The van der Waals surface area contributed by atoms with Gasteiger partial charge < -0.3 is 9.94 Å². The maximum Gasteiger partial charge on any atom is 0.119 e. The second-order valence-corrected chi connectivity index (χ2v) is 5.22. The predicted molar refractivity (Wildman–Crippen MR) is 83.2 cm³/mol. The lowest BCUT2D eigenvalue weighted by Crippen LogP contribution is -1.91. The van der Waals surface area contributed by atoms with Crippen molar-refractivity contribution in [2.75, 3.05) is 7.11 Å². The SMILES string of the molecule is COc1ccc2nc3c(C)c4ccn(O)cc4cc3c2c1. The van der Waals surface area contributed by atoms with E-state index < -0.39 is 0 Å². The average molecular weight is 278 g/mol. The quantitative estimate of drug-likeness (QED) is 0.537. The van der Waals surface area contributed by atoms with Crippen molar-refractivity contribution in [2.45, 2.75) is 6.92 Å². The molecule has 0 atom stereocenters. The summed E-state index contributed by atoms with van der Waals surface area (Å²) in [5, 5.41) is 13.9. The summed E-state index contributed by atoms with van der Waals surface area (Å²) in [7, 11) is 1.66. The maximum atomic E-state index is 9.62. The van der Waals surface area contributed by atoms with Crippen molar-refractivity contribution in [2.24, 2.45) is 0 Å². The minimum atomic E-state index is 0.819. The molecule has 0 unspecified atom stereocenters. The van der Waals surface area contributed by atoms with Gasteiger partial charge in [0.05, 0.1) is 24.3 Å². The Bertz CT molecular complexity index is 1000. The lowest BCUT2D eigenvalue weighted by molar-refractivity contribution is 0.186. The zero-order chi connectivity index (χ0) is 14.6. The van der Waals surface area contributed by atoms with Gasteiger partial charge >= 0.3 is 0 Å². The van der Waals surface area contributed by atoms with Gasteiger partial charge in [-0.15, -0.1) is 0 Å². The van der Waals surface area contributed by atoms with E-state index in [1.807, 2.05) is 24.3 Å². The molecular weight excluding hydrogens is 264 g/mol. The minimum Gasteiger partial charge on any atom is -0.497 e. The number of ether oxygens (including phenoxy) is 1. The number of hydrogen-bond acceptors (Lipinski definition) is 3. The summed E-state index contributed by atoms with van der Waals surface area (Å²) >= 11 is 0. The van der Waals surface area contributed by atoms with Crippen LogP contribution in [0.25, 0.3) is 32.6 Å². The van der Waals surface area contributed by atoms with Gasteiger partial charge in [-0.25, -0.2) is 9.71 Å². The fraction of sp³-hybridized carbons (Fsp3) is 0.118. The van der Waals surface area contributed by atoms with E-state index >= 15 is 0 Å². The van der Waals surface area contributed by atoms with Crippen LogP contribution >= 0.6 is 0 Å².